The fourth-order valence-electron chi connectivity index (χ4n) is 2.49. The number of esters is 1. The number of nitrogens with zero attached hydrogens (tertiary/aromatic N) is 1. The van der Waals surface area contributed by atoms with E-state index in [4.69, 9.17) is 9.47 Å². The van der Waals surface area contributed by atoms with Gasteiger partial charge >= 0.3 is 5.97 Å². The molecule has 156 valence electrons. The quantitative estimate of drug-likeness (QED) is 0.467. The second-order valence-corrected chi connectivity index (χ2v) is 8.00. The van der Waals surface area contributed by atoms with E-state index < -0.39 is 34.5 Å². The third-order valence-electron chi connectivity index (χ3n) is 3.99. The number of hydrogen-bond acceptors (Lipinski definition) is 6. The fraction of sp³-hybridized carbons (Fsp3) is 0.250. The van der Waals surface area contributed by atoms with Crippen LogP contribution in [-0.2, 0) is 19.6 Å². The molecule has 0 aliphatic heterocycles. The Hall–Kier alpha value is -2.75. The number of aliphatic hydroxyl groups is 1. The van der Waals surface area contributed by atoms with E-state index in [2.05, 4.69) is 6.58 Å². The first-order valence-corrected chi connectivity index (χ1v) is 10.1. The zero-order valence-electron chi connectivity index (χ0n) is 15.8. The first kappa shape index (κ1) is 22.5. The normalized spacial score (nSPS) is 12.4. The van der Waals surface area contributed by atoms with Crippen LogP contribution in [0.15, 0.2) is 66.1 Å². The van der Waals surface area contributed by atoms with E-state index in [1.165, 1.54) is 55.6 Å². The van der Waals surface area contributed by atoms with Crippen molar-refractivity contribution < 1.29 is 32.2 Å². The van der Waals surface area contributed by atoms with Crippen LogP contribution in [0.25, 0.3) is 0 Å². The lowest BCUT2D eigenvalue weighted by Crippen LogP contribution is -2.43. The van der Waals surface area contributed by atoms with Gasteiger partial charge in [0.2, 0.25) is 10.0 Å². The SMILES string of the molecule is C=CCOC(=O)C(CCO)N(C)S(=O)(=O)c1ccc(Oc2cccc(F)c2)cc1. The van der Waals surface area contributed by atoms with Crippen LogP contribution in [0.4, 0.5) is 4.39 Å². The van der Waals surface area contributed by atoms with Gasteiger partial charge in [-0.25, -0.2) is 12.8 Å². The molecule has 29 heavy (non-hydrogen) atoms. The summed E-state index contributed by atoms with van der Waals surface area (Å²) < 4.78 is 50.2. The molecular formula is C20H22FNO6S. The van der Waals surface area contributed by atoms with Gasteiger partial charge in [-0.3, -0.25) is 4.79 Å². The predicted octanol–water partition coefficient (Wildman–Crippen LogP) is 2.72. The molecule has 1 atom stereocenters. The molecule has 7 nitrogen and oxygen atoms in total. The number of halogens is 1. The summed E-state index contributed by atoms with van der Waals surface area (Å²) >= 11 is 0. The summed E-state index contributed by atoms with van der Waals surface area (Å²) in [5, 5.41) is 9.20. The van der Waals surface area contributed by atoms with Crippen molar-refractivity contribution in [2.45, 2.75) is 17.4 Å². The molecule has 0 radical (unpaired) electrons. The number of likely N-dealkylation sites (N-methyl/N-ethyl adjacent to an activating group) is 1. The lowest BCUT2D eigenvalue weighted by atomic mass is 10.2. The highest BCUT2D eigenvalue weighted by molar-refractivity contribution is 7.89. The molecule has 2 aromatic carbocycles. The van der Waals surface area contributed by atoms with Crippen molar-refractivity contribution in [2.24, 2.45) is 0 Å². The van der Waals surface area contributed by atoms with E-state index in [9.17, 15) is 22.7 Å². The average molecular weight is 423 g/mol. The first-order valence-electron chi connectivity index (χ1n) is 8.69. The highest BCUT2D eigenvalue weighted by atomic mass is 32.2. The zero-order chi connectivity index (χ0) is 21.4. The second-order valence-electron chi connectivity index (χ2n) is 6.00. The predicted molar refractivity (Wildman–Crippen MR) is 105 cm³/mol. The number of ether oxygens (including phenoxy) is 2. The summed E-state index contributed by atoms with van der Waals surface area (Å²) in [6.45, 7) is 2.97. The lowest BCUT2D eigenvalue weighted by Gasteiger charge is -2.25. The first-order chi connectivity index (χ1) is 13.8. The summed E-state index contributed by atoms with van der Waals surface area (Å²) in [5.74, 6) is -0.655. The van der Waals surface area contributed by atoms with Crippen molar-refractivity contribution >= 4 is 16.0 Å². The van der Waals surface area contributed by atoms with Gasteiger partial charge in [0.1, 0.15) is 30.0 Å². The van der Waals surface area contributed by atoms with E-state index in [-0.39, 0.29) is 23.7 Å². The van der Waals surface area contributed by atoms with Crippen molar-refractivity contribution in [2.75, 3.05) is 20.3 Å². The van der Waals surface area contributed by atoms with Crippen molar-refractivity contribution in [1.82, 2.24) is 4.31 Å². The number of benzene rings is 2. The summed E-state index contributed by atoms with van der Waals surface area (Å²) in [7, 11) is -2.81. The standard InChI is InChI=1S/C20H22FNO6S/c1-3-13-27-20(24)19(11-12-23)22(2)29(25,26)18-9-7-16(8-10-18)28-17-6-4-5-15(21)14-17/h3-10,14,19,23H,1,11-13H2,2H3. The highest BCUT2D eigenvalue weighted by Gasteiger charge is 2.33. The van der Waals surface area contributed by atoms with Crippen molar-refractivity contribution in [3.63, 3.8) is 0 Å². The maximum atomic E-state index is 13.2. The molecule has 0 fully saturated rings. The molecule has 2 rings (SSSR count). The Bertz CT molecular complexity index is 946. The molecule has 0 aliphatic carbocycles. The summed E-state index contributed by atoms with van der Waals surface area (Å²) in [4.78, 5) is 12.1. The van der Waals surface area contributed by atoms with Crippen molar-refractivity contribution in [1.29, 1.82) is 0 Å². The third-order valence-corrected chi connectivity index (χ3v) is 5.87. The molecule has 1 N–H and O–H groups in total. The van der Waals surface area contributed by atoms with Crippen LogP contribution >= 0.6 is 0 Å². The highest BCUT2D eigenvalue weighted by Crippen LogP contribution is 2.25. The van der Waals surface area contributed by atoms with E-state index >= 15 is 0 Å². The minimum absolute atomic E-state index is 0.0687. The van der Waals surface area contributed by atoms with E-state index in [1.807, 2.05) is 0 Å². The van der Waals surface area contributed by atoms with Crippen molar-refractivity contribution in [3.8, 4) is 11.5 Å². The van der Waals surface area contributed by atoms with Gasteiger partial charge in [-0.1, -0.05) is 18.7 Å². The van der Waals surface area contributed by atoms with Gasteiger partial charge in [0.15, 0.2) is 0 Å². The molecule has 0 bridgehead atoms. The van der Waals surface area contributed by atoms with Gasteiger partial charge in [0.05, 0.1) is 4.90 Å². The summed E-state index contributed by atoms with van der Waals surface area (Å²) in [5.41, 5.74) is 0. The van der Waals surface area contributed by atoms with Gasteiger partial charge in [-0.05, 0) is 42.8 Å². The van der Waals surface area contributed by atoms with E-state index in [1.54, 1.807) is 6.07 Å². The maximum Gasteiger partial charge on any atom is 0.324 e. The monoisotopic (exact) mass is 423 g/mol. The number of rotatable bonds is 10. The smallest absolute Gasteiger partial charge is 0.324 e. The Labute approximate surface area is 169 Å². The maximum absolute atomic E-state index is 13.2. The Morgan fingerprint density at radius 3 is 2.52 bits per heavy atom. The Morgan fingerprint density at radius 1 is 1.24 bits per heavy atom. The molecule has 0 saturated heterocycles. The number of hydrogen-bond donors (Lipinski definition) is 1. The molecule has 0 spiro atoms. The largest absolute Gasteiger partial charge is 0.460 e. The molecule has 1 unspecified atom stereocenters. The minimum Gasteiger partial charge on any atom is -0.460 e. The van der Waals surface area contributed by atoms with Gasteiger partial charge in [0, 0.05) is 19.7 Å². The Kier molecular flexibility index (Phi) is 7.89. The van der Waals surface area contributed by atoms with Gasteiger partial charge in [-0.15, -0.1) is 0 Å². The molecular weight excluding hydrogens is 401 g/mol. The fourth-order valence-corrected chi connectivity index (χ4v) is 3.83. The topological polar surface area (TPSA) is 93.1 Å². The van der Waals surface area contributed by atoms with Gasteiger partial charge in [0.25, 0.3) is 0 Å². The summed E-state index contributed by atoms with van der Waals surface area (Å²) in [6, 6.07) is 9.81. The van der Waals surface area contributed by atoms with Crippen molar-refractivity contribution in [3.05, 3.63) is 67.0 Å². The average Bonchev–Trinajstić information content (AvgIpc) is 2.70. The Balaban J connectivity index is 2.19. The number of sulfonamides is 1. The molecule has 0 amide bonds. The zero-order valence-corrected chi connectivity index (χ0v) is 16.6. The van der Waals surface area contributed by atoms with Crippen LogP contribution in [0.3, 0.4) is 0 Å². The van der Waals surface area contributed by atoms with Crippen LogP contribution in [0.2, 0.25) is 0 Å². The van der Waals surface area contributed by atoms with E-state index in [0.717, 1.165) is 4.31 Å². The van der Waals surface area contributed by atoms with E-state index in [0.29, 0.717) is 5.75 Å². The van der Waals surface area contributed by atoms with Crippen LogP contribution in [0.5, 0.6) is 11.5 Å². The van der Waals surface area contributed by atoms with Crippen LogP contribution in [-0.4, -0.2) is 50.1 Å². The van der Waals surface area contributed by atoms with Crippen LogP contribution in [0, 0.1) is 5.82 Å². The minimum atomic E-state index is -4.05. The van der Waals surface area contributed by atoms with Crippen LogP contribution < -0.4 is 4.74 Å². The molecule has 2 aromatic rings. The molecule has 9 heteroatoms. The number of carbonyl (C=O) groups excluding carboxylic acids is 1. The number of aliphatic hydroxyl groups excluding tert-OH is 1. The van der Waals surface area contributed by atoms with Crippen LogP contribution in [0.1, 0.15) is 6.42 Å². The van der Waals surface area contributed by atoms with Gasteiger partial charge < -0.3 is 14.6 Å². The summed E-state index contributed by atoms with van der Waals surface area (Å²) in [6.07, 6.45) is 1.24. The molecule has 0 aromatic heterocycles. The molecule has 0 saturated carbocycles. The lowest BCUT2D eigenvalue weighted by molar-refractivity contribution is -0.147. The second kappa shape index (κ2) is 10.1. The number of carbonyl (C=O) groups is 1. The molecule has 0 heterocycles. The van der Waals surface area contributed by atoms with Gasteiger partial charge in [-0.2, -0.15) is 4.31 Å². The molecule has 0 aliphatic rings. The third kappa shape index (κ3) is 5.86. The Morgan fingerprint density at radius 2 is 1.93 bits per heavy atom.